The van der Waals surface area contributed by atoms with E-state index < -0.39 is 0 Å². The third-order valence-electron chi connectivity index (χ3n) is 11.1. The van der Waals surface area contributed by atoms with Gasteiger partial charge in [-0.2, -0.15) is 0 Å². The van der Waals surface area contributed by atoms with Gasteiger partial charge in [0.05, 0.1) is 16.8 Å². The van der Waals surface area contributed by atoms with Crippen LogP contribution in [0.15, 0.2) is 144 Å². The molecule has 45 heavy (non-hydrogen) atoms. The van der Waals surface area contributed by atoms with Crippen molar-refractivity contribution in [2.75, 3.05) is 4.90 Å². The van der Waals surface area contributed by atoms with Gasteiger partial charge >= 0.3 is 0 Å². The lowest BCUT2D eigenvalue weighted by molar-refractivity contribution is 0.327. The van der Waals surface area contributed by atoms with Crippen LogP contribution < -0.4 is 4.90 Å². The molecule has 2 fully saturated rings. The first-order valence-electron chi connectivity index (χ1n) is 16.4. The van der Waals surface area contributed by atoms with Crippen LogP contribution in [0.4, 0.5) is 17.1 Å². The fourth-order valence-corrected chi connectivity index (χ4v) is 9.39. The van der Waals surface area contributed by atoms with Gasteiger partial charge in [-0.15, -0.1) is 0 Å². The summed E-state index contributed by atoms with van der Waals surface area (Å²) in [6, 6.07) is 51.1. The van der Waals surface area contributed by atoms with Crippen molar-refractivity contribution in [1.82, 2.24) is 0 Å². The lowest BCUT2D eigenvalue weighted by atomic mass is 9.67. The maximum Gasteiger partial charge on any atom is 0.137 e. The van der Waals surface area contributed by atoms with Crippen LogP contribution in [0.3, 0.4) is 0 Å². The second kappa shape index (κ2) is 9.46. The average molecular weight is 580 g/mol. The molecule has 3 aliphatic carbocycles. The molecule has 1 spiro atoms. The molecule has 2 saturated carbocycles. The summed E-state index contributed by atoms with van der Waals surface area (Å²) in [6.45, 7) is 0. The van der Waals surface area contributed by atoms with Crippen LogP contribution in [0.5, 0.6) is 0 Å². The Hall–Kier alpha value is -5.08. The van der Waals surface area contributed by atoms with Gasteiger partial charge in [-0.25, -0.2) is 0 Å². The van der Waals surface area contributed by atoms with E-state index in [0.717, 1.165) is 45.1 Å². The summed E-state index contributed by atoms with van der Waals surface area (Å²) in [5, 5.41) is 2.30. The molecule has 2 nitrogen and oxygen atoms in total. The van der Waals surface area contributed by atoms with Crippen molar-refractivity contribution < 1.29 is 4.42 Å². The molecule has 10 rings (SSSR count). The Morgan fingerprint density at radius 3 is 2.13 bits per heavy atom. The number of nitrogens with zero attached hydrogens (tertiary/aromatic N) is 1. The number of fused-ring (bicyclic) bond motifs is 11. The average Bonchev–Trinajstić information content (AvgIpc) is 3.88. The highest BCUT2D eigenvalue weighted by atomic mass is 16.3. The molecule has 3 aliphatic rings. The first kappa shape index (κ1) is 25.3. The third kappa shape index (κ3) is 3.51. The second-order valence-corrected chi connectivity index (χ2v) is 13.3. The van der Waals surface area contributed by atoms with E-state index in [0.29, 0.717) is 0 Å². The first-order chi connectivity index (χ1) is 22.3. The number of hydrogen-bond donors (Lipinski definition) is 0. The van der Waals surface area contributed by atoms with Gasteiger partial charge in [-0.3, -0.25) is 0 Å². The largest absolute Gasteiger partial charge is 0.456 e. The summed E-state index contributed by atoms with van der Waals surface area (Å²) in [5.74, 6) is 1.56. The highest BCUT2D eigenvalue weighted by Gasteiger charge is 2.57. The van der Waals surface area contributed by atoms with Crippen LogP contribution in [-0.4, -0.2) is 0 Å². The maximum absolute atomic E-state index is 6.42. The number of para-hydroxylation sites is 1. The van der Waals surface area contributed by atoms with Gasteiger partial charge in [0.1, 0.15) is 11.2 Å². The van der Waals surface area contributed by atoms with E-state index in [2.05, 4.69) is 144 Å². The van der Waals surface area contributed by atoms with Crippen molar-refractivity contribution in [2.24, 2.45) is 11.8 Å². The van der Waals surface area contributed by atoms with E-state index in [1.165, 1.54) is 59.2 Å². The monoisotopic (exact) mass is 579 g/mol. The van der Waals surface area contributed by atoms with Crippen LogP contribution in [0.1, 0.15) is 36.8 Å². The summed E-state index contributed by atoms with van der Waals surface area (Å²) in [7, 11) is 0. The van der Waals surface area contributed by atoms with E-state index in [1.54, 1.807) is 5.56 Å². The Balaban J connectivity index is 1.25. The molecule has 2 bridgehead atoms. The molecule has 0 radical (unpaired) electrons. The van der Waals surface area contributed by atoms with E-state index in [1.807, 2.05) is 0 Å². The normalized spacial score (nSPS) is 21.1. The zero-order valence-corrected chi connectivity index (χ0v) is 25.1. The van der Waals surface area contributed by atoms with E-state index in [4.69, 9.17) is 4.42 Å². The lowest BCUT2D eigenvalue weighted by Crippen LogP contribution is -2.31. The van der Waals surface area contributed by atoms with Crippen LogP contribution >= 0.6 is 0 Å². The standard InChI is InChI=1S/C43H33NO/c1-2-10-29(11-3-1)30-21-24-32(25-22-30)44(38-17-9-19-40-42(38)34-13-5-7-18-39(34)45-40)37-16-8-15-36-41(37)33-12-4-6-14-35(33)43(36)27-28-20-23-31(43)26-28/h1-19,21-22,24-25,28,31H,20,23,26-27H2. The molecule has 6 aromatic carbocycles. The van der Waals surface area contributed by atoms with Crippen molar-refractivity contribution in [3.8, 4) is 22.3 Å². The van der Waals surface area contributed by atoms with Gasteiger partial charge in [0.2, 0.25) is 0 Å². The maximum atomic E-state index is 6.42. The van der Waals surface area contributed by atoms with Crippen molar-refractivity contribution in [1.29, 1.82) is 0 Å². The Morgan fingerprint density at radius 1 is 0.578 bits per heavy atom. The van der Waals surface area contributed by atoms with Crippen molar-refractivity contribution in [3.05, 3.63) is 151 Å². The lowest BCUT2D eigenvalue weighted by Gasteiger charge is -2.37. The van der Waals surface area contributed by atoms with Gasteiger partial charge in [0.25, 0.3) is 0 Å². The van der Waals surface area contributed by atoms with Gasteiger partial charge in [-0.05, 0) is 95.3 Å². The van der Waals surface area contributed by atoms with Crippen molar-refractivity contribution >= 4 is 39.0 Å². The van der Waals surface area contributed by atoms with Gasteiger partial charge in [0, 0.05) is 22.1 Å². The molecule has 0 aliphatic heterocycles. The van der Waals surface area contributed by atoms with Gasteiger partial charge in [-0.1, -0.05) is 110 Å². The third-order valence-corrected chi connectivity index (χ3v) is 11.1. The van der Waals surface area contributed by atoms with E-state index in [-0.39, 0.29) is 5.41 Å². The summed E-state index contributed by atoms with van der Waals surface area (Å²) in [4.78, 5) is 2.50. The predicted octanol–water partition coefficient (Wildman–Crippen LogP) is 11.8. The van der Waals surface area contributed by atoms with Crippen molar-refractivity contribution in [2.45, 2.75) is 31.1 Å². The Labute approximate surface area is 263 Å². The number of benzene rings is 6. The predicted molar refractivity (Wildman–Crippen MR) is 186 cm³/mol. The smallest absolute Gasteiger partial charge is 0.137 e. The van der Waals surface area contributed by atoms with Crippen molar-refractivity contribution in [3.63, 3.8) is 0 Å². The second-order valence-electron chi connectivity index (χ2n) is 13.3. The topological polar surface area (TPSA) is 16.4 Å². The molecule has 3 atom stereocenters. The number of anilines is 3. The Morgan fingerprint density at radius 2 is 1.29 bits per heavy atom. The zero-order valence-electron chi connectivity index (χ0n) is 25.1. The molecule has 1 heterocycles. The minimum Gasteiger partial charge on any atom is -0.456 e. The highest BCUT2D eigenvalue weighted by Crippen LogP contribution is 2.67. The molecule has 7 aromatic rings. The van der Waals surface area contributed by atoms with E-state index in [9.17, 15) is 0 Å². The molecule has 3 unspecified atom stereocenters. The summed E-state index contributed by atoms with van der Waals surface area (Å²) >= 11 is 0. The summed E-state index contributed by atoms with van der Waals surface area (Å²) in [6.07, 6.45) is 5.37. The summed E-state index contributed by atoms with van der Waals surface area (Å²) in [5.41, 5.74) is 13.8. The fraction of sp³-hybridized carbons (Fsp3) is 0.163. The number of hydrogen-bond acceptors (Lipinski definition) is 2. The molecule has 1 aromatic heterocycles. The highest BCUT2D eigenvalue weighted by molar-refractivity contribution is 6.14. The first-order valence-corrected chi connectivity index (χ1v) is 16.4. The van der Waals surface area contributed by atoms with Crippen LogP contribution in [0.2, 0.25) is 0 Å². The molecule has 0 N–H and O–H groups in total. The summed E-state index contributed by atoms with van der Waals surface area (Å²) < 4.78 is 6.42. The van der Waals surface area contributed by atoms with Crippen LogP contribution in [-0.2, 0) is 5.41 Å². The fourth-order valence-electron chi connectivity index (χ4n) is 9.39. The van der Waals surface area contributed by atoms with Crippen LogP contribution in [0, 0.1) is 11.8 Å². The Bertz CT molecular complexity index is 2240. The number of furan rings is 1. The molecule has 216 valence electrons. The van der Waals surface area contributed by atoms with E-state index >= 15 is 0 Å². The molecule has 0 saturated heterocycles. The SMILES string of the molecule is c1ccc(-c2ccc(N(c3cccc4c3-c3ccccc3C43CC4CCC3C4)c3cccc4oc5ccccc5c34)cc2)cc1. The minimum atomic E-state index is 0.127. The Kier molecular flexibility index (Phi) is 5.31. The van der Waals surface area contributed by atoms with Gasteiger partial charge < -0.3 is 9.32 Å². The molecular formula is C43H33NO. The van der Waals surface area contributed by atoms with Gasteiger partial charge in [0.15, 0.2) is 0 Å². The number of rotatable bonds is 4. The quantitative estimate of drug-likeness (QED) is 0.206. The minimum absolute atomic E-state index is 0.127. The zero-order chi connectivity index (χ0) is 29.5. The van der Waals surface area contributed by atoms with Crippen LogP contribution in [0.25, 0.3) is 44.2 Å². The molecule has 2 heteroatoms. The molecular weight excluding hydrogens is 546 g/mol. The molecule has 0 amide bonds.